The minimum Gasteiger partial charge on any atom is -0.483 e. The predicted molar refractivity (Wildman–Crippen MR) is 109 cm³/mol. The smallest absolute Gasteiger partial charge is 0.293 e. The number of imide groups is 1. The minimum absolute atomic E-state index is 0.0395. The summed E-state index contributed by atoms with van der Waals surface area (Å²) < 4.78 is 5.35. The number of hydrogen-bond donors (Lipinski definition) is 1. The van der Waals surface area contributed by atoms with E-state index >= 15 is 0 Å². The molecule has 1 heterocycles. The fourth-order valence-corrected chi connectivity index (χ4v) is 3.78. The van der Waals surface area contributed by atoms with Crippen LogP contribution >= 0.6 is 35.0 Å². The third-order valence-corrected chi connectivity index (χ3v) is 5.29. The van der Waals surface area contributed by atoms with Crippen molar-refractivity contribution in [1.29, 1.82) is 0 Å². The topological polar surface area (TPSA) is 89.7 Å². The molecule has 1 fully saturated rings. The third kappa shape index (κ3) is 4.67. The van der Waals surface area contributed by atoms with E-state index in [-0.39, 0.29) is 18.1 Å². The molecule has 3 rings (SSSR count). The Morgan fingerprint density at radius 3 is 2.64 bits per heavy atom. The summed E-state index contributed by atoms with van der Waals surface area (Å²) in [6.45, 7) is -0.251. The van der Waals surface area contributed by atoms with E-state index < -0.39 is 17.1 Å². The highest BCUT2D eigenvalue weighted by atomic mass is 35.5. The lowest BCUT2D eigenvalue weighted by molar-refractivity contribution is -0.123. The molecule has 0 spiro atoms. The molecule has 3 amide bonds. The Balaban J connectivity index is 1.82. The Bertz CT molecular complexity index is 994. The molecular formula is C19H14Cl2N2O4S. The van der Waals surface area contributed by atoms with E-state index in [0.717, 1.165) is 16.7 Å². The molecule has 1 aliphatic heterocycles. The van der Waals surface area contributed by atoms with E-state index in [1.807, 2.05) is 0 Å². The average molecular weight is 437 g/mol. The van der Waals surface area contributed by atoms with Gasteiger partial charge in [-0.25, -0.2) is 0 Å². The van der Waals surface area contributed by atoms with Gasteiger partial charge < -0.3 is 10.5 Å². The number of hydrogen-bond acceptors (Lipinski definition) is 5. The van der Waals surface area contributed by atoms with Gasteiger partial charge in [0.2, 0.25) is 0 Å². The summed E-state index contributed by atoms with van der Waals surface area (Å²) in [5, 5.41) is 0.439. The van der Waals surface area contributed by atoms with Crippen LogP contribution in [-0.2, 0) is 16.1 Å². The number of halogens is 2. The number of amides is 3. The monoisotopic (exact) mass is 436 g/mol. The standard InChI is InChI=1S/C19H14Cl2N2O4S/c20-13-6-5-12(14(21)8-13)9-23-18(25)16(28-19(23)26)7-11-3-1-2-4-15(11)27-10-17(22)24/h1-8H,9-10H2,(H2,22,24)/b16-7+. The van der Waals surface area contributed by atoms with Crippen LogP contribution in [0.1, 0.15) is 11.1 Å². The second kappa shape index (κ2) is 8.68. The first-order valence-electron chi connectivity index (χ1n) is 8.04. The Hall–Kier alpha value is -2.48. The van der Waals surface area contributed by atoms with Crippen LogP contribution in [0.2, 0.25) is 10.0 Å². The summed E-state index contributed by atoms with van der Waals surface area (Å²) in [6, 6.07) is 11.7. The van der Waals surface area contributed by atoms with Gasteiger partial charge in [0.15, 0.2) is 6.61 Å². The van der Waals surface area contributed by atoms with Gasteiger partial charge in [0, 0.05) is 15.6 Å². The molecule has 0 bridgehead atoms. The number of ether oxygens (including phenoxy) is 1. The molecule has 0 atom stereocenters. The predicted octanol–water partition coefficient (Wildman–Crippen LogP) is 4.09. The number of para-hydroxylation sites is 1. The molecule has 1 saturated heterocycles. The van der Waals surface area contributed by atoms with Crippen molar-refractivity contribution in [3.05, 3.63) is 68.5 Å². The van der Waals surface area contributed by atoms with Crippen LogP contribution in [0.4, 0.5) is 4.79 Å². The second-order valence-corrected chi connectivity index (χ2v) is 7.63. The van der Waals surface area contributed by atoms with Crippen molar-refractivity contribution in [1.82, 2.24) is 4.90 Å². The Morgan fingerprint density at radius 1 is 1.18 bits per heavy atom. The summed E-state index contributed by atoms with van der Waals surface area (Å²) in [6.07, 6.45) is 1.55. The van der Waals surface area contributed by atoms with Crippen molar-refractivity contribution in [2.24, 2.45) is 5.73 Å². The molecule has 28 heavy (non-hydrogen) atoms. The first-order chi connectivity index (χ1) is 13.3. The Kier molecular flexibility index (Phi) is 6.28. The van der Waals surface area contributed by atoms with Crippen LogP contribution in [-0.4, -0.2) is 28.6 Å². The first kappa shape index (κ1) is 20.3. The molecule has 2 N–H and O–H groups in total. The van der Waals surface area contributed by atoms with E-state index in [0.29, 0.717) is 26.9 Å². The van der Waals surface area contributed by atoms with Crippen LogP contribution in [0, 0.1) is 0 Å². The molecule has 0 saturated carbocycles. The molecule has 6 nitrogen and oxygen atoms in total. The fourth-order valence-electron chi connectivity index (χ4n) is 2.48. The quantitative estimate of drug-likeness (QED) is 0.688. The van der Waals surface area contributed by atoms with Gasteiger partial charge in [-0.15, -0.1) is 0 Å². The molecule has 1 aliphatic rings. The molecule has 0 aliphatic carbocycles. The molecule has 9 heteroatoms. The zero-order chi connectivity index (χ0) is 20.3. The zero-order valence-corrected chi connectivity index (χ0v) is 16.7. The number of rotatable bonds is 6. The van der Waals surface area contributed by atoms with Gasteiger partial charge >= 0.3 is 0 Å². The second-order valence-electron chi connectivity index (χ2n) is 5.80. The van der Waals surface area contributed by atoms with Crippen molar-refractivity contribution >= 4 is 58.1 Å². The van der Waals surface area contributed by atoms with Gasteiger partial charge in [-0.3, -0.25) is 19.3 Å². The van der Waals surface area contributed by atoms with E-state index in [4.69, 9.17) is 33.7 Å². The van der Waals surface area contributed by atoms with Crippen LogP contribution in [0.15, 0.2) is 47.4 Å². The maximum atomic E-state index is 12.7. The Morgan fingerprint density at radius 2 is 1.93 bits per heavy atom. The maximum Gasteiger partial charge on any atom is 0.293 e. The lowest BCUT2D eigenvalue weighted by Crippen LogP contribution is -2.27. The van der Waals surface area contributed by atoms with Gasteiger partial charge in [0.1, 0.15) is 5.75 Å². The van der Waals surface area contributed by atoms with Gasteiger partial charge in [-0.1, -0.05) is 47.5 Å². The van der Waals surface area contributed by atoms with Crippen LogP contribution in [0.5, 0.6) is 5.75 Å². The Labute approximate surface area is 175 Å². The number of carbonyl (C=O) groups is 3. The summed E-state index contributed by atoms with van der Waals surface area (Å²) >= 11 is 12.8. The highest BCUT2D eigenvalue weighted by Gasteiger charge is 2.35. The number of thioether (sulfide) groups is 1. The number of primary amides is 1. The molecular weight excluding hydrogens is 423 g/mol. The number of benzene rings is 2. The normalized spacial score (nSPS) is 15.4. The average Bonchev–Trinajstić information content (AvgIpc) is 2.90. The van der Waals surface area contributed by atoms with Crippen molar-refractivity contribution in [2.75, 3.05) is 6.61 Å². The van der Waals surface area contributed by atoms with Crippen molar-refractivity contribution in [3.63, 3.8) is 0 Å². The van der Waals surface area contributed by atoms with Crippen LogP contribution < -0.4 is 10.5 Å². The van der Waals surface area contributed by atoms with Crippen molar-refractivity contribution in [2.45, 2.75) is 6.54 Å². The highest BCUT2D eigenvalue weighted by Crippen LogP contribution is 2.35. The van der Waals surface area contributed by atoms with Crippen LogP contribution in [0.25, 0.3) is 6.08 Å². The SMILES string of the molecule is NC(=O)COc1ccccc1/C=C1/SC(=O)N(Cc2ccc(Cl)cc2Cl)C1=O. The van der Waals surface area contributed by atoms with Gasteiger partial charge in [-0.2, -0.15) is 0 Å². The molecule has 0 aromatic heterocycles. The van der Waals surface area contributed by atoms with Crippen molar-refractivity contribution < 1.29 is 19.1 Å². The highest BCUT2D eigenvalue weighted by molar-refractivity contribution is 8.18. The summed E-state index contributed by atoms with van der Waals surface area (Å²) in [7, 11) is 0. The van der Waals surface area contributed by atoms with E-state index in [9.17, 15) is 14.4 Å². The summed E-state index contributed by atoms with van der Waals surface area (Å²) in [5.41, 5.74) is 6.26. The third-order valence-electron chi connectivity index (χ3n) is 3.79. The van der Waals surface area contributed by atoms with Gasteiger partial charge in [-0.05, 0) is 41.6 Å². The first-order valence-corrected chi connectivity index (χ1v) is 9.62. The van der Waals surface area contributed by atoms with E-state index in [2.05, 4.69) is 0 Å². The van der Waals surface area contributed by atoms with Gasteiger partial charge in [0.25, 0.3) is 17.1 Å². The minimum atomic E-state index is -0.616. The summed E-state index contributed by atoms with van der Waals surface area (Å²) in [4.78, 5) is 37.3. The molecule has 2 aromatic rings. The maximum absolute atomic E-state index is 12.7. The zero-order valence-electron chi connectivity index (χ0n) is 14.4. The van der Waals surface area contributed by atoms with Gasteiger partial charge in [0.05, 0.1) is 11.4 Å². The number of nitrogens with two attached hydrogens (primary N) is 1. The van der Waals surface area contributed by atoms with E-state index in [1.165, 1.54) is 0 Å². The lowest BCUT2D eigenvalue weighted by Gasteiger charge is -2.13. The summed E-state index contributed by atoms with van der Waals surface area (Å²) in [5.74, 6) is -0.672. The molecule has 0 radical (unpaired) electrons. The molecule has 144 valence electrons. The lowest BCUT2D eigenvalue weighted by atomic mass is 10.1. The van der Waals surface area contributed by atoms with Crippen molar-refractivity contribution in [3.8, 4) is 5.75 Å². The molecule has 0 unspecified atom stereocenters. The fraction of sp³-hybridized carbons (Fsp3) is 0.105. The largest absolute Gasteiger partial charge is 0.483 e. The number of nitrogens with zero attached hydrogens (tertiary/aromatic N) is 1. The molecule has 2 aromatic carbocycles. The number of carbonyl (C=O) groups excluding carboxylic acids is 3. The van der Waals surface area contributed by atoms with E-state index in [1.54, 1.807) is 48.5 Å². The van der Waals surface area contributed by atoms with Crippen LogP contribution in [0.3, 0.4) is 0 Å².